The number of carbonyl (C=O) groups excluding carboxylic acids is 1. The molecule has 1 aliphatic rings. The maximum absolute atomic E-state index is 12.1. The second-order valence-electron chi connectivity index (χ2n) is 5.80. The van der Waals surface area contributed by atoms with E-state index >= 15 is 0 Å². The fourth-order valence-corrected chi connectivity index (χ4v) is 2.35. The van der Waals surface area contributed by atoms with E-state index in [1.807, 2.05) is 0 Å². The lowest BCUT2D eigenvalue weighted by Gasteiger charge is -2.35. The van der Waals surface area contributed by atoms with Gasteiger partial charge in [0.1, 0.15) is 18.1 Å². The van der Waals surface area contributed by atoms with Crippen molar-refractivity contribution < 1.29 is 19.7 Å². The van der Waals surface area contributed by atoms with Crippen LogP contribution >= 0.6 is 0 Å². The second-order valence-corrected chi connectivity index (χ2v) is 5.80. The Labute approximate surface area is 133 Å². The topological polar surface area (TPSA) is 114 Å². The number of allylic oxidation sites excluding steroid dienone is 1. The van der Waals surface area contributed by atoms with E-state index in [0.29, 0.717) is 0 Å². The number of nitrogens with zero attached hydrogens (tertiary/aromatic N) is 2. The van der Waals surface area contributed by atoms with Gasteiger partial charge < -0.3 is 20.3 Å². The molecule has 1 aliphatic heterocycles. The number of aliphatic hydroxyl groups excluding tert-OH is 2. The highest BCUT2D eigenvalue weighted by Crippen LogP contribution is 2.26. The Morgan fingerprint density at radius 1 is 1.48 bits per heavy atom. The van der Waals surface area contributed by atoms with Gasteiger partial charge in [0.15, 0.2) is 0 Å². The molecule has 2 rings (SSSR count). The molecule has 0 bridgehead atoms. The van der Waals surface area contributed by atoms with Crippen LogP contribution in [0.25, 0.3) is 0 Å². The predicted molar refractivity (Wildman–Crippen MR) is 82.8 cm³/mol. The molecule has 0 saturated carbocycles. The summed E-state index contributed by atoms with van der Waals surface area (Å²) < 4.78 is 6.75. The molecule has 1 aromatic heterocycles. The standard InChI is InChI=1S/C15H21N3O5/c1-8(2)6-12(20)16-11-4-5-18(15(22)17-11)13-7-10(19)14(21)9(3)23-13/h4-6,9-10,13-14,19,21H,7H2,1-3H3,(H,16,17,20,22). The van der Waals surface area contributed by atoms with Gasteiger partial charge in [-0.3, -0.25) is 9.36 Å². The number of rotatable bonds is 3. The van der Waals surface area contributed by atoms with Gasteiger partial charge >= 0.3 is 5.69 Å². The minimum atomic E-state index is -0.988. The number of anilines is 1. The molecule has 0 radical (unpaired) electrons. The smallest absolute Gasteiger partial charge is 0.351 e. The minimum absolute atomic E-state index is 0.0799. The van der Waals surface area contributed by atoms with E-state index in [1.165, 1.54) is 22.9 Å². The quantitative estimate of drug-likeness (QED) is 0.684. The molecule has 23 heavy (non-hydrogen) atoms. The fraction of sp³-hybridized carbons (Fsp3) is 0.533. The molecule has 126 valence electrons. The minimum Gasteiger partial charge on any atom is -0.390 e. The van der Waals surface area contributed by atoms with Crippen LogP contribution in [0.2, 0.25) is 0 Å². The number of ether oxygens (including phenoxy) is 1. The third-order valence-electron chi connectivity index (χ3n) is 3.50. The van der Waals surface area contributed by atoms with Crippen molar-refractivity contribution in [3.63, 3.8) is 0 Å². The molecular weight excluding hydrogens is 302 g/mol. The third-order valence-corrected chi connectivity index (χ3v) is 3.50. The van der Waals surface area contributed by atoms with Crippen molar-refractivity contribution in [2.75, 3.05) is 5.32 Å². The molecule has 3 N–H and O–H groups in total. The van der Waals surface area contributed by atoms with E-state index in [1.54, 1.807) is 20.8 Å². The first-order valence-corrected chi connectivity index (χ1v) is 7.34. The number of amides is 1. The lowest BCUT2D eigenvalue weighted by molar-refractivity contribution is -0.185. The highest BCUT2D eigenvalue weighted by atomic mass is 16.5. The van der Waals surface area contributed by atoms with Gasteiger partial charge in [-0.1, -0.05) is 5.57 Å². The van der Waals surface area contributed by atoms with Crippen LogP contribution in [-0.4, -0.2) is 44.0 Å². The van der Waals surface area contributed by atoms with Crippen molar-refractivity contribution in [2.45, 2.75) is 51.7 Å². The van der Waals surface area contributed by atoms with E-state index in [4.69, 9.17) is 4.74 Å². The SMILES string of the molecule is CC(C)=CC(=O)Nc1ccn(C2CC(O)C(O)C(C)O2)c(=O)n1. The van der Waals surface area contributed by atoms with Crippen molar-refractivity contribution in [2.24, 2.45) is 0 Å². The largest absolute Gasteiger partial charge is 0.390 e. The number of hydrogen-bond donors (Lipinski definition) is 3. The summed E-state index contributed by atoms with van der Waals surface area (Å²) in [7, 11) is 0. The molecule has 1 aromatic rings. The van der Waals surface area contributed by atoms with Crippen molar-refractivity contribution in [3.8, 4) is 0 Å². The summed E-state index contributed by atoms with van der Waals surface area (Å²) in [6.07, 6.45) is -0.369. The summed E-state index contributed by atoms with van der Waals surface area (Å²) in [4.78, 5) is 27.5. The molecular formula is C15H21N3O5. The third kappa shape index (κ3) is 4.25. The first kappa shape index (κ1) is 17.3. The van der Waals surface area contributed by atoms with Crippen LogP contribution in [-0.2, 0) is 9.53 Å². The predicted octanol–water partition coefficient (Wildman–Crippen LogP) is 0.177. The summed E-state index contributed by atoms with van der Waals surface area (Å²) in [6.45, 7) is 5.19. The number of aromatic nitrogens is 2. The van der Waals surface area contributed by atoms with E-state index < -0.39 is 30.2 Å². The van der Waals surface area contributed by atoms with Gasteiger partial charge in [0.05, 0.1) is 12.2 Å². The Balaban J connectivity index is 2.15. The molecule has 4 atom stereocenters. The van der Waals surface area contributed by atoms with Gasteiger partial charge in [0.25, 0.3) is 0 Å². The zero-order valence-electron chi connectivity index (χ0n) is 13.3. The maximum Gasteiger partial charge on any atom is 0.351 e. The Hall–Kier alpha value is -2.03. The summed E-state index contributed by atoms with van der Waals surface area (Å²) in [5.41, 5.74) is 0.216. The highest BCUT2D eigenvalue weighted by Gasteiger charge is 2.35. The van der Waals surface area contributed by atoms with Crippen LogP contribution in [0.15, 0.2) is 28.7 Å². The molecule has 8 nitrogen and oxygen atoms in total. The molecule has 1 saturated heterocycles. The van der Waals surface area contributed by atoms with Gasteiger partial charge in [-0.25, -0.2) is 4.79 Å². The van der Waals surface area contributed by atoms with Gasteiger partial charge in [0.2, 0.25) is 5.91 Å². The van der Waals surface area contributed by atoms with Crippen molar-refractivity contribution in [1.82, 2.24) is 9.55 Å². The van der Waals surface area contributed by atoms with Crippen molar-refractivity contribution in [1.29, 1.82) is 0 Å². The maximum atomic E-state index is 12.1. The molecule has 2 heterocycles. The summed E-state index contributed by atoms with van der Waals surface area (Å²) in [6, 6.07) is 1.48. The van der Waals surface area contributed by atoms with Crippen LogP contribution in [0.1, 0.15) is 33.4 Å². The summed E-state index contributed by atoms with van der Waals surface area (Å²) in [5, 5.41) is 22.0. The van der Waals surface area contributed by atoms with Crippen LogP contribution in [0.4, 0.5) is 5.82 Å². The summed E-state index contributed by atoms with van der Waals surface area (Å²) in [5.74, 6) is -0.228. The Morgan fingerprint density at radius 3 is 2.74 bits per heavy atom. The number of nitrogens with one attached hydrogen (secondary N) is 1. The lowest BCUT2D eigenvalue weighted by Crippen LogP contribution is -2.47. The molecule has 4 unspecified atom stereocenters. The average molecular weight is 323 g/mol. The van der Waals surface area contributed by atoms with E-state index in [2.05, 4.69) is 10.3 Å². The lowest BCUT2D eigenvalue weighted by atomic mass is 10.0. The second kappa shape index (κ2) is 7.03. The average Bonchev–Trinajstić information content (AvgIpc) is 2.43. The fourth-order valence-electron chi connectivity index (χ4n) is 2.35. The van der Waals surface area contributed by atoms with Crippen LogP contribution in [0.3, 0.4) is 0 Å². The van der Waals surface area contributed by atoms with Crippen LogP contribution < -0.4 is 11.0 Å². The first-order chi connectivity index (χ1) is 10.8. The molecule has 0 spiro atoms. The van der Waals surface area contributed by atoms with Crippen LogP contribution in [0.5, 0.6) is 0 Å². The highest BCUT2D eigenvalue weighted by molar-refractivity contribution is 5.98. The molecule has 0 aliphatic carbocycles. The van der Waals surface area contributed by atoms with E-state index in [9.17, 15) is 19.8 Å². The number of hydrogen-bond acceptors (Lipinski definition) is 6. The van der Waals surface area contributed by atoms with Gasteiger partial charge in [0, 0.05) is 18.7 Å². The molecule has 1 fully saturated rings. The zero-order chi connectivity index (χ0) is 17.1. The monoisotopic (exact) mass is 323 g/mol. The Morgan fingerprint density at radius 2 is 2.17 bits per heavy atom. The molecule has 1 amide bonds. The van der Waals surface area contributed by atoms with Crippen molar-refractivity contribution >= 4 is 11.7 Å². The van der Waals surface area contributed by atoms with Gasteiger partial charge in [-0.2, -0.15) is 4.98 Å². The van der Waals surface area contributed by atoms with Crippen molar-refractivity contribution in [3.05, 3.63) is 34.4 Å². The molecule has 8 heteroatoms. The van der Waals surface area contributed by atoms with E-state index in [0.717, 1.165) is 5.57 Å². The van der Waals surface area contributed by atoms with Gasteiger partial charge in [-0.05, 0) is 26.8 Å². The normalized spacial score (nSPS) is 27.3. The summed E-state index contributed by atoms with van der Waals surface area (Å²) >= 11 is 0. The van der Waals surface area contributed by atoms with E-state index in [-0.39, 0.29) is 18.1 Å². The van der Waals surface area contributed by atoms with Gasteiger partial charge in [-0.15, -0.1) is 0 Å². The Bertz CT molecular complexity index is 653. The molecule has 0 aromatic carbocycles. The first-order valence-electron chi connectivity index (χ1n) is 7.34. The Kier molecular flexibility index (Phi) is 5.30. The van der Waals surface area contributed by atoms with Crippen LogP contribution in [0, 0.1) is 0 Å². The zero-order valence-corrected chi connectivity index (χ0v) is 13.3. The number of aliphatic hydroxyl groups is 2. The number of carbonyl (C=O) groups is 1.